The number of carbonyl (C=O) groups is 2. The molecule has 0 bridgehead atoms. The lowest BCUT2D eigenvalue weighted by Gasteiger charge is -2.28. The van der Waals surface area contributed by atoms with Gasteiger partial charge in [0.15, 0.2) is 0 Å². The van der Waals surface area contributed by atoms with Crippen molar-refractivity contribution in [2.24, 2.45) is 5.92 Å². The van der Waals surface area contributed by atoms with Crippen LogP contribution in [0.4, 0.5) is 0 Å². The Morgan fingerprint density at radius 1 is 0.750 bits per heavy atom. The molecule has 0 N–H and O–H groups in total. The van der Waals surface area contributed by atoms with Crippen LogP contribution in [0.2, 0.25) is 65.0 Å². The highest BCUT2D eigenvalue weighted by molar-refractivity contribution is 6.77. The van der Waals surface area contributed by atoms with Crippen LogP contribution in [0.3, 0.4) is 0 Å². The van der Waals surface area contributed by atoms with Crippen molar-refractivity contribution in [3.63, 3.8) is 0 Å². The molecule has 0 aliphatic carbocycles. The predicted molar refractivity (Wildman–Crippen MR) is 90.5 cm³/mol. The Hall–Kier alpha value is -0.409. The maximum atomic E-state index is 12.3. The van der Waals surface area contributed by atoms with Gasteiger partial charge in [-0.15, -0.1) is 0 Å². The molecule has 118 valence electrons. The minimum atomic E-state index is -1.99. The average molecular weight is 335 g/mol. The normalized spacial score (nSPS) is 13.3. The second-order valence-electron chi connectivity index (χ2n) is 8.38. The molecule has 0 rings (SSSR count). The summed E-state index contributed by atoms with van der Waals surface area (Å²) in [5, 5.41) is 0. The summed E-state index contributed by atoms with van der Waals surface area (Å²) in [7, 11) is -5.55. The van der Waals surface area contributed by atoms with Gasteiger partial charge in [0, 0.05) is 8.07 Å². The Balaban J connectivity index is 5.09. The molecule has 0 fully saturated rings. The van der Waals surface area contributed by atoms with E-state index in [1.165, 1.54) is 0 Å². The quantitative estimate of drug-likeness (QED) is 0.549. The summed E-state index contributed by atoms with van der Waals surface area (Å²) in [6, 6.07) is 0.583. The molecule has 0 saturated heterocycles. The second-order valence-corrected chi connectivity index (χ2v) is 22.8. The largest absolute Gasteiger partial charge is 0.519 e. The number of hydrogen-bond donors (Lipinski definition) is 0. The lowest BCUT2D eigenvalue weighted by molar-refractivity contribution is -0.151. The standard InChI is InChI=1S/C13H30O4Si3/c1-18(2,3)10-11(12(14)16-19(4,5)6)13(15)17-20(7,8)9/h11H,10H2,1-9H3. The van der Waals surface area contributed by atoms with Gasteiger partial charge in [0.2, 0.25) is 16.6 Å². The molecule has 20 heavy (non-hydrogen) atoms. The summed E-state index contributed by atoms with van der Waals surface area (Å²) in [4.78, 5) is 24.6. The third-order valence-electron chi connectivity index (χ3n) is 2.20. The van der Waals surface area contributed by atoms with E-state index in [1.807, 2.05) is 39.3 Å². The Labute approximate surface area is 126 Å². The van der Waals surface area contributed by atoms with Crippen LogP contribution in [0, 0.1) is 5.92 Å². The highest BCUT2D eigenvalue weighted by atomic mass is 28.4. The first-order valence-electron chi connectivity index (χ1n) is 7.06. The third kappa shape index (κ3) is 9.49. The van der Waals surface area contributed by atoms with E-state index in [-0.39, 0.29) is 0 Å². The van der Waals surface area contributed by atoms with Crippen molar-refractivity contribution in [1.82, 2.24) is 0 Å². The summed E-state index contributed by atoms with van der Waals surface area (Å²) in [5.41, 5.74) is 0. The fourth-order valence-electron chi connectivity index (χ4n) is 1.62. The first-order chi connectivity index (χ1) is 8.61. The van der Waals surface area contributed by atoms with Crippen LogP contribution in [0.15, 0.2) is 0 Å². The van der Waals surface area contributed by atoms with E-state index in [0.29, 0.717) is 6.04 Å². The van der Waals surface area contributed by atoms with Gasteiger partial charge in [0.05, 0.1) is 0 Å². The van der Waals surface area contributed by atoms with E-state index >= 15 is 0 Å². The molecule has 0 atom stereocenters. The van der Waals surface area contributed by atoms with Gasteiger partial charge < -0.3 is 8.85 Å². The SMILES string of the molecule is C[Si](C)(C)CC(C(=O)O[Si](C)(C)C)C(=O)O[Si](C)(C)C. The molecule has 0 saturated carbocycles. The molecule has 0 aromatic heterocycles. The topological polar surface area (TPSA) is 52.6 Å². The van der Waals surface area contributed by atoms with E-state index in [2.05, 4.69) is 19.6 Å². The summed E-state index contributed by atoms with van der Waals surface area (Å²) < 4.78 is 11.0. The van der Waals surface area contributed by atoms with Gasteiger partial charge in [-0.2, -0.15) is 0 Å². The fourth-order valence-corrected chi connectivity index (χ4v) is 4.67. The first kappa shape index (κ1) is 19.6. The van der Waals surface area contributed by atoms with Crippen molar-refractivity contribution in [2.75, 3.05) is 0 Å². The highest BCUT2D eigenvalue weighted by Crippen LogP contribution is 2.23. The predicted octanol–water partition coefficient (Wildman–Crippen LogP) is 3.70. The lowest BCUT2D eigenvalue weighted by Crippen LogP contribution is -2.42. The Kier molecular flexibility index (Phi) is 6.44. The maximum Gasteiger partial charge on any atom is 0.306 e. The third-order valence-corrected chi connectivity index (χ3v) is 5.46. The maximum absolute atomic E-state index is 12.3. The molecular formula is C13H30O4Si3. The van der Waals surface area contributed by atoms with Gasteiger partial charge >= 0.3 is 11.9 Å². The van der Waals surface area contributed by atoms with Crippen LogP contribution in [0.5, 0.6) is 0 Å². The van der Waals surface area contributed by atoms with E-state index < -0.39 is 42.6 Å². The fraction of sp³-hybridized carbons (Fsp3) is 0.846. The molecule has 4 nitrogen and oxygen atoms in total. The molecule has 0 unspecified atom stereocenters. The van der Waals surface area contributed by atoms with Crippen molar-refractivity contribution >= 4 is 36.6 Å². The van der Waals surface area contributed by atoms with Gasteiger partial charge in [0.1, 0.15) is 5.92 Å². The van der Waals surface area contributed by atoms with Crippen LogP contribution in [0.1, 0.15) is 0 Å². The van der Waals surface area contributed by atoms with E-state index in [4.69, 9.17) is 8.85 Å². The molecule has 0 aromatic carbocycles. The number of rotatable bonds is 6. The molecule has 0 aliphatic rings. The first-order valence-corrected chi connectivity index (χ1v) is 17.6. The Morgan fingerprint density at radius 3 is 1.25 bits per heavy atom. The van der Waals surface area contributed by atoms with Crippen molar-refractivity contribution in [1.29, 1.82) is 0 Å². The molecule has 0 aromatic rings. The summed E-state index contributed by atoms with van der Waals surface area (Å²) in [6.07, 6.45) is 0. The lowest BCUT2D eigenvalue weighted by atomic mass is 10.2. The smallest absolute Gasteiger partial charge is 0.306 e. The molecule has 0 radical (unpaired) electrons. The van der Waals surface area contributed by atoms with Crippen LogP contribution >= 0.6 is 0 Å². The van der Waals surface area contributed by atoms with Gasteiger partial charge in [-0.05, 0) is 45.3 Å². The van der Waals surface area contributed by atoms with Crippen molar-refractivity contribution in [3.05, 3.63) is 0 Å². The van der Waals surface area contributed by atoms with Crippen molar-refractivity contribution < 1.29 is 18.4 Å². The van der Waals surface area contributed by atoms with Gasteiger partial charge in [0.25, 0.3) is 0 Å². The zero-order valence-corrected chi connectivity index (χ0v) is 17.4. The van der Waals surface area contributed by atoms with Crippen LogP contribution in [0.25, 0.3) is 0 Å². The van der Waals surface area contributed by atoms with Crippen molar-refractivity contribution in [2.45, 2.75) is 65.0 Å². The average Bonchev–Trinajstić information content (AvgIpc) is 2.06. The Bertz CT molecular complexity index is 333. The minimum absolute atomic E-state index is 0.394. The summed E-state index contributed by atoms with van der Waals surface area (Å²) in [6.45, 7) is 18.1. The monoisotopic (exact) mass is 334 g/mol. The highest BCUT2D eigenvalue weighted by Gasteiger charge is 2.38. The minimum Gasteiger partial charge on any atom is -0.519 e. The van der Waals surface area contributed by atoms with E-state index in [9.17, 15) is 9.59 Å². The molecule has 0 spiro atoms. The zero-order chi connectivity index (χ0) is 16.4. The van der Waals surface area contributed by atoms with Crippen LogP contribution in [-0.4, -0.2) is 36.6 Å². The van der Waals surface area contributed by atoms with Crippen molar-refractivity contribution in [3.8, 4) is 0 Å². The second kappa shape index (κ2) is 6.57. The summed E-state index contributed by atoms with van der Waals surface area (Å²) in [5.74, 6) is -1.54. The van der Waals surface area contributed by atoms with E-state index in [1.54, 1.807) is 0 Å². The number of carbonyl (C=O) groups excluding carboxylic acids is 2. The Morgan fingerprint density at radius 2 is 1.05 bits per heavy atom. The molecule has 7 heteroatoms. The van der Waals surface area contributed by atoms with Gasteiger partial charge in [-0.1, -0.05) is 19.6 Å². The number of hydrogen-bond acceptors (Lipinski definition) is 4. The zero-order valence-electron chi connectivity index (χ0n) is 14.4. The van der Waals surface area contributed by atoms with Crippen LogP contribution < -0.4 is 0 Å². The molecule has 0 amide bonds. The molecule has 0 aliphatic heterocycles. The van der Waals surface area contributed by atoms with Gasteiger partial charge in [-0.3, -0.25) is 9.59 Å². The van der Waals surface area contributed by atoms with E-state index in [0.717, 1.165) is 0 Å². The summed E-state index contributed by atoms with van der Waals surface area (Å²) >= 11 is 0. The molecule has 0 heterocycles. The molecular weight excluding hydrogens is 304 g/mol. The van der Waals surface area contributed by atoms with Crippen LogP contribution in [-0.2, 0) is 18.4 Å². The van der Waals surface area contributed by atoms with Gasteiger partial charge in [-0.25, -0.2) is 0 Å².